The van der Waals surface area contributed by atoms with E-state index in [9.17, 15) is 0 Å². The number of halogens is 2. The normalized spacial score (nSPS) is 52.5. The first-order chi connectivity index (χ1) is 13.7. The topological polar surface area (TPSA) is 9.23 Å². The van der Waals surface area contributed by atoms with Gasteiger partial charge in [0.2, 0.25) is 0 Å². The predicted molar refractivity (Wildman–Crippen MR) is 123 cm³/mol. The van der Waals surface area contributed by atoms with Crippen molar-refractivity contribution in [2.45, 2.75) is 119 Å². The van der Waals surface area contributed by atoms with Crippen LogP contribution in [0.25, 0.3) is 0 Å². The molecule has 7 unspecified atom stereocenters. The Bertz CT molecular complexity index is 646. The van der Waals surface area contributed by atoms with Crippen LogP contribution in [-0.2, 0) is 4.74 Å². The van der Waals surface area contributed by atoms with Crippen molar-refractivity contribution < 1.29 is 4.74 Å². The SMILES string of the molecule is CC(C)(C)C1CC2CCCCC2C2OC3(C=CC21)C1(Cl)CCCCC3(Cl)CCC1. The summed E-state index contributed by atoms with van der Waals surface area (Å²) in [5.74, 6) is 2.72. The van der Waals surface area contributed by atoms with Crippen molar-refractivity contribution in [3.05, 3.63) is 12.2 Å². The lowest BCUT2D eigenvalue weighted by Gasteiger charge is -2.63. The van der Waals surface area contributed by atoms with Crippen molar-refractivity contribution in [1.29, 1.82) is 0 Å². The van der Waals surface area contributed by atoms with Gasteiger partial charge in [-0.25, -0.2) is 0 Å². The molecular weight excluding hydrogens is 399 g/mol. The van der Waals surface area contributed by atoms with Gasteiger partial charge in [-0.3, -0.25) is 0 Å². The molecule has 5 aliphatic rings. The van der Waals surface area contributed by atoms with Gasteiger partial charge in [-0.2, -0.15) is 0 Å². The number of ether oxygens (including phenoxy) is 1. The second-order valence-corrected chi connectivity index (χ2v) is 13.6. The van der Waals surface area contributed by atoms with Gasteiger partial charge in [0.05, 0.1) is 15.9 Å². The van der Waals surface area contributed by atoms with Gasteiger partial charge in [-0.15, -0.1) is 23.2 Å². The quantitative estimate of drug-likeness (QED) is 0.275. The van der Waals surface area contributed by atoms with Gasteiger partial charge in [0.1, 0.15) is 5.60 Å². The van der Waals surface area contributed by atoms with Crippen LogP contribution in [0.5, 0.6) is 0 Å². The Morgan fingerprint density at radius 2 is 1.48 bits per heavy atom. The van der Waals surface area contributed by atoms with Crippen LogP contribution in [0.3, 0.4) is 0 Å². The van der Waals surface area contributed by atoms with Gasteiger partial charge in [-0.05, 0) is 68.1 Å². The first-order valence-electron chi connectivity index (χ1n) is 12.4. The summed E-state index contributed by atoms with van der Waals surface area (Å²) in [7, 11) is 0. The molecule has 4 fully saturated rings. The molecule has 3 heteroatoms. The maximum atomic E-state index is 7.51. The van der Waals surface area contributed by atoms with E-state index in [4.69, 9.17) is 27.9 Å². The van der Waals surface area contributed by atoms with Crippen molar-refractivity contribution >= 4 is 23.2 Å². The summed E-state index contributed by atoms with van der Waals surface area (Å²) >= 11 is 15.0. The summed E-state index contributed by atoms with van der Waals surface area (Å²) in [5, 5.41) is 0. The van der Waals surface area contributed by atoms with Crippen LogP contribution in [0.4, 0.5) is 0 Å². The molecule has 1 heterocycles. The largest absolute Gasteiger partial charge is 0.363 e. The lowest BCUT2D eigenvalue weighted by atomic mass is 9.54. The van der Waals surface area contributed by atoms with E-state index in [-0.39, 0.29) is 9.75 Å². The fraction of sp³-hybridized carbons (Fsp3) is 0.923. The molecule has 7 atom stereocenters. The van der Waals surface area contributed by atoms with Crippen molar-refractivity contribution in [1.82, 2.24) is 0 Å². The molecule has 164 valence electrons. The zero-order valence-corrected chi connectivity index (χ0v) is 20.2. The molecule has 0 aromatic carbocycles. The molecular formula is C26H40Cl2O. The fourth-order valence-corrected chi connectivity index (χ4v) is 9.32. The lowest BCUT2D eigenvalue weighted by molar-refractivity contribution is -0.201. The molecule has 4 saturated carbocycles. The molecule has 29 heavy (non-hydrogen) atoms. The molecule has 1 aliphatic heterocycles. The molecule has 0 amide bonds. The monoisotopic (exact) mass is 438 g/mol. The maximum Gasteiger partial charge on any atom is 0.125 e. The summed E-state index contributed by atoms with van der Waals surface area (Å²) in [6.45, 7) is 7.30. The summed E-state index contributed by atoms with van der Waals surface area (Å²) < 4.78 is 7.42. The van der Waals surface area contributed by atoms with E-state index < -0.39 is 5.60 Å². The standard InChI is InChI=1S/C26H40Cl2O/c1-23(2,3)21-17-18-9-4-5-10-19(18)22-20(21)11-16-26(29-22)24(27)12-6-7-13-25(26,28)15-8-14-24/h11,16,18-22H,4-10,12-15,17H2,1-3H3. The van der Waals surface area contributed by atoms with Crippen LogP contribution in [0.15, 0.2) is 12.2 Å². The lowest BCUT2D eigenvalue weighted by Crippen LogP contribution is -2.69. The molecule has 0 N–H and O–H groups in total. The Labute approximate surface area is 188 Å². The Kier molecular flexibility index (Phi) is 5.21. The van der Waals surface area contributed by atoms with Gasteiger partial charge >= 0.3 is 0 Å². The van der Waals surface area contributed by atoms with E-state index in [1.807, 2.05) is 0 Å². The van der Waals surface area contributed by atoms with Crippen LogP contribution >= 0.6 is 23.2 Å². The Morgan fingerprint density at radius 1 is 0.862 bits per heavy atom. The molecule has 1 spiro atoms. The molecule has 2 bridgehead atoms. The Morgan fingerprint density at radius 3 is 2.14 bits per heavy atom. The number of hydrogen-bond acceptors (Lipinski definition) is 1. The van der Waals surface area contributed by atoms with Gasteiger partial charge in [0.15, 0.2) is 0 Å². The van der Waals surface area contributed by atoms with E-state index in [2.05, 4.69) is 32.9 Å². The van der Waals surface area contributed by atoms with Crippen LogP contribution in [-0.4, -0.2) is 21.5 Å². The minimum atomic E-state index is -0.485. The average molecular weight is 440 g/mol. The minimum Gasteiger partial charge on any atom is -0.363 e. The Hall–Kier alpha value is 0.280. The molecule has 0 saturated heterocycles. The van der Waals surface area contributed by atoms with Crippen LogP contribution < -0.4 is 0 Å². The third-order valence-corrected chi connectivity index (χ3v) is 11.0. The highest BCUT2D eigenvalue weighted by Crippen LogP contribution is 2.64. The van der Waals surface area contributed by atoms with E-state index in [0.29, 0.717) is 29.3 Å². The summed E-state index contributed by atoms with van der Waals surface area (Å²) in [6, 6.07) is 0. The molecule has 4 aliphatic carbocycles. The molecule has 0 radical (unpaired) electrons. The smallest absolute Gasteiger partial charge is 0.125 e. The predicted octanol–water partition coefficient (Wildman–Crippen LogP) is 7.88. The molecule has 1 nitrogen and oxygen atoms in total. The maximum absolute atomic E-state index is 7.51. The summed E-state index contributed by atoms with van der Waals surface area (Å²) in [6.07, 6.45) is 19.8. The summed E-state index contributed by atoms with van der Waals surface area (Å²) in [5.41, 5.74) is -0.180. The summed E-state index contributed by atoms with van der Waals surface area (Å²) in [4.78, 5) is -0.659. The number of rotatable bonds is 0. The Balaban J connectivity index is 1.60. The van der Waals surface area contributed by atoms with Gasteiger partial charge in [-0.1, -0.05) is 65.0 Å². The van der Waals surface area contributed by atoms with Gasteiger partial charge in [0, 0.05) is 5.92 Å². The highest BCUT2D eigenvalue weighted by atomic mass is 35.5. The first kappa shape index (κ1) is 21.1. The second-order valence-electron chi connectivity index (χ2n) is 12.2. The van der Waals surface area contributed by atoms with E-state index in [1.165, 1.54) is 44.9 Å². The van der Waals surface area contributed by atoms with Crippen molar-refractivity contribution in [3.8, 4) is 0 Å². The number of alkyl halides is 2. The minimum absolute atomic E-state index is 0.302. The van der Waals surface area contributed by atoms with E-state index >= 15 is 0 Å². The van der Waals surface area contributed by atoms with Gasteiger partial charge < -0.3 is 4.74 Å². The van der Waals surface area contributed by atoms with Crippen LogP contribution in [0.2, 0.25) is 0 Å². The third-order valence-electron chi connectivity index (χ3n) is 9.65. The van der Waals surface area contributed by atoms with Gasteiger partial charge in [0.25, 0.3) is 0 Å². The van der Waals surface area contributed by atoms with E-state index in [1.54, 1.807) is 0 Å². The average Bonchev–Trinajstić information content (AvgIpc) is 2.73. The first-order valence-corrected chi connectivity index (χ1v) is 13.2. The molecule has 0 aromatic heterocycles. The zero-order valence-electron chi connectivity index (χ0n) is 18.7. The third kappa shape index (κ3) is 3.11. The second kappa shape index (κ2) is 7.14. The highest BCUT2D eigenvalue weighted by Gasteiger charge is 2.67. The fourth-order valence-electron chi connectivity index (χ4n) is 8.16. The van der Waals surface area contributed by atoms with Crippen molar-refractivity contribution in [2.24, 2.45) is 29.1 Å². The van der Waals surface area contributed by atoms with Crippen molar-refractivity contribution in [3.63, 3.8) is 0 Å². The highest BCUT2D eigenvalue weighted by molar-refractivity contribution is 6.30. The zero-order chi connectivity index (χ0) is 20.5. The molecule has 5 rings (SSSR count). The number of hydrogen-bond donors (Lipinski definition) is 0. The number of fused-ring (bicyclic) bond motifs is 3. The van der Waals surface area contributed by atoms with Crippen LogP contribution in [0.1, 0.15) is 97.8 Å². The molecule has 0 aromatic rings. The van der Waals surface area contributed by atoms with Crippen LogP contribution in [0, 0.1) is 29.1 Å². The van der Waals surface area contributed by atoms with E-state index in [0.717, 1.165) is 38.0 Å². The van der Waals surface area contributed by atoms with Crippen molar-refractivity contribution in [2.75, 3.05) is 0 Å².